The maximum absolute atomic E-state index is 13.2. The summed E-state index contributed by atoms with van der Waals surface area (Å²) in [6.45, 7) is 0.114. The van der Waals surface area contributed by atoms with E-state index in [9.17, 15) is 33.9 Å². The molecule has 4 amide bonds. The number of guanidine groups is 1. The van der Waals surface area contributed by atoms with Crippen LogP contribution in [0.5, 0.6) is 0 Å². The number of aromatic amines is 1. The number of H-pyrrole nitrogens is 1. The molecule has 0 aliphatic heterocycles. The predicted molar refractivity (Wildman–Crippen MR) is 134 cm³/mol. The average molecular weight is 555 g/mol. The van der Waals surface area contributed by atoms with Crippen molar-refractivity contribution in [2.75, 3.05) is 6.54 Å². The van der Waals surface area contributed by atoms with Crippen molar-refractivity contribution in [2.45, 2.75) is 62.7 Å². The lowest BCUT2D eigenvalue weighted by atomic mass is 10.1. The first-order valence-corrected chi connectivity index (χ1v) is 11.7. The van der Waals surface area contributed by atoms with Gasteiger partial charge >= 0.3 is 11.9 Å². The van der Waals surface area contributed by atoms with Gasteiger partial charge in [-0.2, -0.15) is 0 Å². The van der Waals surface area contributed by atoms with E-state index in [0.29, 0.717) is 5.69 Å². The van der Waals surface area contributed by atoms with E-state index in [4.69, 9.17) is 28.0 Å². The van der Waals surface area contributed by atoms with Crippen molar-refractivity contribution < 1.29 is 39.0 Å². The molecule has 1 heterocycles. The van der Waals surface area contributed by atoms with Crippen molar-refractivity contribution in [3.8, 4) is 0 Å². The second-order valence-electron chi connectivity index (χ2n) is 8.46. The number of nitrogens with one attached hydrogen (secondary N) is 4. The molecule has 4 atom stereocenters. The number of carbonyl (C=O) groups is 6. The van der Waals surface area contributed by atoms with Crippen LogP contribution in [0.2, 0.25) is 0 Å². The van der Waals surface area contributed by atoms with Gasteiger partial charge in [-0.3, -0.25) is 29.0 Å². The summed E-state index contributed by atoms with van der Waals surface area (Å²) in [7, 11) is 0. The highest BCUT2D eigenvalue weighted by atomic mass is 16.4. The van der Waals surface area contributed by atoms with Crippen LogP contribution in [0.4, 0.5) is 0 Å². The number of imidazole rings is 1. The number of carboxylic acid groups (broad SMARTS) is 2. The summed E-state index contributed by atoms with van der Waals surface area (Å²) < 4.78 is 0. The van der Waals surface area contributed by atoms with E-state index in [1.54, 1.807) is 0 Å². The zero-order valence-electron chi connectivity index (χ0n) is 21.0. The normalized spacial score (nSPS) is 13.7. The quantitative estimate of drug-likeness (QED) is 0.0467. The third-order valence-corrected chi connectivity index (χ3v) is 5.22. The Balaban J connectivity index is 3.10. The first-order chi connectivity index (χ1) is 18.3. The molecule has 0 fully saturated rings. The molecular formula is C21H34N10O8. The highest BCUT2D eigenvalue weighted by Gasteiger charge is 2.31. The molecule has 14 N–H and O–H groups in total. The molecule has 0 aliphatic rings. The van der Waals surface area contributed by atoms with Gasteiger partial charge in [0, 0.05) is 31.3 Å². The largest absolute Gasteiger partial charge is 0.481 e. The Morgan fingerprint density at radius 3 is 2.08 bits per heavy atom. The summed E-state index contributed by atoms with van der Waals surface area (Å²) in [4.78, 5) is 82.5. The van der Waals surface area contributed by atoms with Crippen molar-refractivity contribution in [1.29, 1.82) is 0 Å². The van der Waals surface area contributed by atoms with Crippen molar-refractivity contribution in [3.63, 3.8) is 0 Å². The van der Waals surface area contributed by atoms with Crippen LogP contribution < -0.4 is 38.9 Å². The van der Waals surface area contributed by atoms with Crippen LogP contribution in [0.25, 0.3) is 0 Å². The van der Waals surface area contributed by atoms with Crippen LogP contribution in [0.3, 0.4) is 0 Å². The number of hydrogen-bond acceptors (Lipinski definition) is 9. The number of carbonyl (C=O) groups excluding carboxylic acids is 4. The molecule has 216 valence electrons. The maximum atomic E-state index is 13.2. The van der Waals surface area contributed by atoms with Crippen LogP contribution in [-0.2, 0) is 35.2 Å². The van der Waals surface area contributed by atoms with E-state index < -0.39 is 66.2 Å². The number of aromatic nitrogens is 2. The first-order valence-electron chi connectivity index (χ1n) is 11.7. The van der Waals surface area contributed by atoms with E-state index in [-0.39, 0.29) is 44.6 Å². The number of nitrogens with two attached hydrogens (primary N) is 4. The minimum absolute atomic E-state index is 0.00601. The SMILES string of the molecule is NC(=O)CCC(N)C(=O)NC(CCCN=C(N)N)C(=O)NC(Cc1cnc[nH]1)C(=O)NC(CC(=O)O)C(=O)O. The molecule has 1 rings (SSSR count). The molecule has 1 aromatic heterocycles. The van der Waals surface area contributed by atoms with Crippen molar-refractivity contribution in [1.82, 2.24) is 25.9 Å². The molecular weight excluding hydrogens is 520 g/mol. The van der Waals surface area contributed by atoms with Gasteiger partial charge in [-0.1, -0.05) is 0 Å². The number of carboxylic acids is 2. The van der Waals surface area contributed by atoms with Crippen LogP contribution >= 0.6 is 0 Å². The molecule has 0 radical (unpaired) electrons. The van der Waals surface area contributed by atoms with Gasteiger partial charge in [0.2, 0.25) is 23.6 Å². The summed E-state index contributed by atoms with van der Waals surface area (Å²) in [5.74, 6) is -6.49. The lowest BCUT2D eigenvalue weighted by molar-refractivity contribution is -0.147. The zero-order chi connectivity index (χ0) is 29.5. The third-order valence-electron chi connectivity index (χ3n) is 5.22. The lowest BCUT2D eigenvalue weighted by Gasteiger charge is -2.25. The Bertz CT molecular complexity index is 1040. The summed E-state index contributed by atoms with van der Waals surface area (Å²) in [6.07, 6.45) is 1.59. The maximum Gasteiger partial charge on any atom is 0.326 e. The molecule has 0 spiro atoms. The van der Waals surface area contributed by atoms with Crippen molar-refractivity contribution in [2.24, 2.45) is 27.9 Å². The van der Waals surface area contributed by atoms with E-state index in [2.05, 4.69) is 30.9 Å². The molecule has 0 aliphatic carbocycles. The number of aliphatic imine (C=N–C) groups is 1. The molecule has 1 aromatic rings. The highest BCUT2D eigenvalue weighted by molar-refractivity contribution is 5.94. The fourth-order valence-corrected chi connectivity index (χ4v) is 3.22. The monoisotopic (exact) mass is 554 g/mol. The van der Waals surface area contributed by atoms with Crippen LogP contribution in [0, 0.1) is 0 Å². The fraction of sp³-hybridized carbons (Fsp3) is 0.524. The van der Waals surface area contributed by atoms with Crippen LogP contribution in [-0.4, -0.2) is 92.4 Å². The van der Waals surface area contributed by atoms with Gasteiger partial charge in [0.25, 0.3) is 0 Å². The van der Waals surface area contributed by atoms with Gasteiger partial charge in [-0.15, -0.1) is 0 Å². The number of amides is 4. The Labute approximate surface area is 222 Å². The van der Waals surface area contributed by atoms with Gasteiger partial charge in [0.1, 0.15) is 18.1 Å². The number of aliphatic carboxylic acids is 2. The molecule has 0 bridgehead atoms. The Kier molecular flexibility index (Phi) is 13.4. The molecule has 0 saturated heterocycles. The average Bonchev–Trinajstić information content (AvgIpc) is 3.35. The van der Waals surface area contributed by atoms with Crippen molar-refractivity contribution in [3.05, 3.63) is 18.2 Å². The lowest BCUT2D eigenvalue weighted by Crippen LogP contribution is -2.57. The van der Waals surface area contributed by atoms with E-state index in [0.717, 1.165) is 0 Å². The number of nitrogens with zero attached hydrogens (tertiary/aromatic N) is 2. The first kappa shape index (κ1) is 32.3. The smallest absolute Gasteiger partial charge is 0.326 e. The van der Waals surface area contributed by atoms with E-state index >= 15 is 0 Å². The minimum atomic E-state index is -1.77. The fourth-order valence-electron chi connectivity index (χ4n) is 3.22. The van der Waals surface area contributed by atoms with Gasteiger partial charge in [-0.05, 0) is 19.3 Å². The van der Waals surface area contributed by atoms with E-state index in [1.807, 2.05) is 0 Å². The number of hydrogen-bond donors (Lipinski definition) is 10. The Morgan fingerprint density at radius 1 is 0.923 bits per heavy atom. The van der Waals surface area contributed by atoms with Crippen molar-refractivity contribution >= 4 is 41.5 Å². The summed E-state index contributed by atoms with van der Waals surface area (Å²) in [6, 6.07) is -5.57. The molecule has 0 saturated carbocycles. The third kappa shape index (κ3) is 12.9. The molecule has 0 aromatic carbocycles. The summed E-state index contributed by atoms with van der Waals surface area (Å²) in [5.41, 5.74) is 21.8. The minimum Gasteiger partial charge on any atom is -0.481 e. The topological polar surface area (TPSA) is 324 Å². The number of rotatable bonds is 18. The van der Waals surface area contributed by atoms with E-state index in [1.165, 1.54) is 12.5 Å². The number of primary amides is 1. The molecule has 18 heteroatoms. The summed E-state index contributed by atoms with van der Waals surface area (Å²) >= 11 is 0. The summed E-state index contributed by atoms with van der Waals surface area (Å²) in [5, 5.41) is 25.2. The second kappa shape index (κ2) is 16.2. The van der Waals surface area contributed by atoms with Crippen LogP contribution in [0.15, 0.2) is 17.5 Å². The Hall–Kier alpha value is -4.74. The van der Waals surface area contributed by atoms with Gasteiger partial charge < -0.3 is 54.1 Å². The highest BCUT2D eigenvalue weighted by Crippen LogP contribution is 2.06. The second-order valence-corrected chi connectivity index (χ2v) is 8.46. The zero-order valence-corrected chi connectivity index (χ0v) is 21.0. The van der Waals surface area contributed by atoms with Gasteiger partial charge in [-0.25, -0.2) is 9.78 Å². The standard InChI is InChI=1S/C21H34N10O8/c22-11(3-4-15(23)32)17(35)29-12(2-1-5-27-21(24)25)18(36)30-13(6-10-8-26-9-28-10)19(37)31-14(20(38)39)7-16(33)34/h8-9,11-14H,1-7,22H2,(H2,23,32)(H,26,28)(H,29,35)(H,30,36)(H,31,37)(H,33,34)(H,38,39)(H4,24,25,27). The Morgan fingerprint density at radius 2 is 1.54 bits per heavy atom. The molecule has 39 heavy (non-hydrogen) atoms. The molecule has 4 unspecified atom stereocenters. The predicted octanol–water partition coefficient (Wildman–Crippen LogP) is -4.39. The van der Waals surface area contributed by atoms with Gasteiger partial charge in [0.15, 0.2) is 5.96 Å². The van der Waals surface area contributed by atoms with Crippen LogP contribution in [0.1, 0.15) is 37.8 Å². The van der Waals surface area contributed by atoms with Gasteiger partial charge in [0.05, 0.1) is 18.8 Å². The molecule has 18 nitrogen and oxygen atoms in total.